The van der Waals surface area contributed by atoms with Crippen LogP contribution in [-0.4, -0.2) is 19.7 Å². The molecule has 0 spiro atoms. The predicted molar refractivity (Wildman–Crippen MR) is 87.0 cm³/mol. The summed E-state index contributed by atoms with van der Waals surface area (Å²) in [6, 6.07) is 8.63. The molecule has 0 radical (unpaired) electrons. The molecule has 20 heavy (non-hydrogen) atoms. The third-order valence-corrected chi connectivity index (χ3v) is 4.19. The Morgan fingerprint density at radius 3 is 2.50 bits per heavy atom. The van der Waals surface area contributed by atoms with Crippen molar-refractivity contribution in [2.75, 3.05) is 19.7 Å². The van der Waals surface area contributed by atoms with Crippen LogP contribution in [0.25, 0.3) is 0 Å². The third kappa shape index (κ3) is 4.36. The first kappa shape index (κ1) is 15.1. The van der Waals surface area contributed by atoms with Gasteiger partial charge in [-0.05, 0) is 49.8 Å². The molecule has 0 saturated carbocycles. The molecule has 0 bridgehead atoms. The lowest BCUT2D eigenvalue weighted by Gasteiger charge is -2.13. The van der Waals surface area contributed by atoms with Crippen molar-refractivity contribution >= 4 is 11.3 Å². The quantitative estimate of drug-likeness (QED) is 0.781. The lowest BCUT2D eigenvalue weighted by molar-refractivity contribution is 0.310. The molecule has 108 valence electrons. The van der Waals surface area contributed by atoms with Gasteiger partial charge in [-0.15, -0.1) is 11.3 Å². The third-order valence-electron chi connectivity index (χ3n) is 3.26. The highest BCUT2D eigenvalue weighted by Crippen LogP contribution is 2.24. The molecule has 0 aliphatic carbocycles. The fourth-order valence-electron chi connectivity index (χ4n) is 2.41. The van der Waals surface area contributed by atoms with Gasteiger partial charge >= 0.3 is 0 Å². The van der Waals surface area contributed by atoms with Gasteiger partial charge < -0.3 is 10.1 Å². The highest BCUT2D eigenvalue weighted by Gasteiger charge is 2.04. The van der Waals surface area contributed by atoms with Gasteiger partial charge in [-0.3, -0.25) is 0 Å². The molecule has 0 fully saturated rings. The number of hydrogen-bond donors (Lipinski definition) is 1. The van der Waals surface area contributed by atoms with E-state index in [0.29, 0.717) is 0 Å². The van der Waals surface area contributed by atoms with Crippen LogP contribution in [0.5, 0.6) is 5.75 Å². The summed E-state index contributed by atoms with van der Waals surface area (Å²) in [6.45, 7) is 8.96. The zero-order valence-corrected chi connectivity index (χ0v) is 13.3. The van der Waals surface area contributed by atoms with Crippen molar-refractivity contribution in [1.29, 1.82) is 0 Å². The second kappa shape index (κ2) is 7.46. The van der Waals surface area contributed by atoms with E-state index >= 15 is 0 Å². The molecule has 1 heterocycles. The van der Waals surface area contributed by atoms with Gasteiger partial charge in [0.2, 0.25) is 0 Å². The Morgan fingerprint density at radius 2 is 1.85 bits per heavy atom. The van der Waals surface area contributed by atoms with Crippen LogP contribution >= 0.6 is 11.3 Å². The van der Waals surface area contributed by atoms with Crippen LogP contribution in [0.1, 0.15) is 21.6 Å². The summed E-state index contributed by atoms with van der Waals surface area (Å²) < 4.78 is 5.90. The lowest BCUT2D eigenvalue weighted by atomic mass is 10.1. The fourth-order valence-corrected chi connectivity index (χ4v) is 3.12. The molecule has 3 heteroatoms. The first-order valence-corrected chi connectivity index (χ1v) is 7.98. The van der Waals surface area contributed by atoms with Gasteiger partial charge in [-0.1, -0.05) is 23.8 Å². The summed E-state index contributed by atoms with van der Waals surface area (Å²) in [6.07, 6.45) is 1.10. The van der Waals surface area contributed by atoms with Gasteiger partial charge in [0, 0.05) is 18.0 Å². The molecule has 2 rings (SSSR count). The number of thiophene rings is 1. The molecule has 2 nitrogen and oxygen atoms in total. The van der Waals surface area contributed by atoms with Gasteiger partial charge in [-0.25, -0.2) is 0 Å². The second-order valence-electron chi connectivity index (χ2n) is 5.16. The van der Waals surface area contributed by atoms with Gasteiger partial charge in [0.05, 0.1) is 0 Å². The molecular weight excluding hydrogens is 266 g/mol. The highest BCUT2D eigenvalue weighted by atomic mass is 32.1. The summed E-state index contributed by atoms with van der Waals surface area (Å²) in [4.78, 5) is 1.43. The van der Waals surface area contributed by atoms with E-state index in [-0.39, 0.29) is 0 Å². The number of rotatable bonds is 7. The molecule has 0 aliphatic heterocycles. The average Bonchev–Trinajstić information content (AvgIpc) is 2.89. The van der Waals surface area contributed by atoms with Crippen LogP contribution in [0.2, 0.25) is 0 Å². The van der Waals surface area contributed by atoms with Crippen LogP contribution in [0.4, 0.5) is 0 Å². The van der Waals surface area contributed by atoms with Crippen LogP contribution < -0.4 is 10.1 Å². The molecule has 0 saturated heterocycles. The Morgan fingerprint density at radius 1 is 1.10 bits per heavy atom. The summed E-state index contributed by atoms with van der Waals surface area (Å²) in [7, 11) is 0. The van der Waals surface area contributed by atoms with Gasteiger partial charge in [0.25, 0.3) is 0 Å². The van der Waals surface area contributed by atoms with Crippen molar-refractivity contribution < 1.29 is 4.74 Å². The monoisotopic (exact) mass is 289 g/mol. The molecular formula is C17H23NOS. The Kier molecular flexibility index (Phi) is 5.62. The van der Waals surface area contributed by atoms with E-state index in [1.807, 2.05) is 11.3 Å². The average molecular weight is 289 g/mol. The van der Waals surface area contributed by atoms with Crippen LogP contribution in [0.3, 0.4) is 0 Å². The maximum atomic E-state index is 5.90. The number of aryl methyl sites for hydroxylation is 3. The van der Waals surface area contributed by atoms with Crippen molar-refractivity contribution in [1.82, 2.24) is 5.32 Å². The Bertz CT molecular complexity index is 511. The number of ether oxygens (including phenoxy) is 1. The van der Waals surface area contributed by atoms with E-state index < -0.39 is 0 Å². The van der Waals surface area contributed by atoms with Gasteiger partial charge in [0.15, 0.2) is 0 Å². The van der Waals surface area contributed by atoms with Crippen LogP contribution in [0, 0.1) is 20.8 Å². The molecule has 0 aliphatic rings. The summed E-state index contributed by atoms with van der Waals surface area (Å²) >= 11 is 1.82. The number of hydrogen-bond acceptors (Lipinski definition) is 3. The topological polar surface area (TPSA) is 21.3 Å². The molecule has 0 unspecified atom stereocenters. The fraction of sp³-hybridized carbons (Fsp3) is 0.412. The Labute approximate surface area is 125 Å². The minimum atomic E-state index is 0.717. The van der Waals surface area contributed by atoms with Gasteiger partial charge in [-0.2, -0.15) is 0 Å². The van der Waals surface area contributed by atoms with Crippen LogP contribution in [0.15, 0.2) is 29.6 Å². The first-order chi connectivity index (χ1) is 9.66. The zero-order valence-electron chi connectivity index (χ0n) is 12.5. The molecule has 1 aromatic carbocycles. The van der Waals surface area contributed by atoms with E-state index in [1.165, 1.54) is 21.6 Å². The molecule has 1 N–H and O–H groups in total. The number of nitrogens with one attached hydrogen (secondary N) is 1. The van der Waals surface area contributed by atoms with Crippen molar-refractivity contribution in [3.63, 3.8) is 0 Å². The van der Waals surface area contributed by atoms with E-state index in [9.17, 15) is 0 Å². The van der Waals surface area contributed by atoms with Crippen molar-refractivity contribution in [2.24, 2.45) is 0 Å². The molecule has 1 aromatic heterocycles. The van der Waals surface area contributed by atoms with Crippen molar-refractivity contribution in [2.45, 2.75) is 27.2 Å². The van der Waals surface area contributed by atoms with Gasteiger partial charge in [0.1, 0.15) is 12.4 Å². The second-order valence-corrected chi connectivity index (χ2v) is 6.19. The summed E-state index contributed by atoms with van der Waals surface area (Å²) in [5.74, 6) is 1.04. The van der Waals surface area contributed by atoms with E-state index in [1.54, 1.807) is 0 Å². The predicted octanol–water partition coefficient (Wildman–Crippen LogP) is 3.88. The SMILES string of the molecule is Cc1cc(C)c(OCCNCCc2cccs2)c(C)c1. The van der Waals surface area contributed by atoms with E-state index in [4.69, 9.17) is 4.74 Å². The van der Waals surface area contributed by atoms with E-state index in [0.717, 1.165) is 31.9 Å². The molecule has 0 atom stereocenters. The minimum absolute atomic E-state index is 0.717. The molecule has 2 aromatic rings. The standard InChI is InChI=1S/C17H23NOS/c1-13-11-14(2)17(15(3)12-13)19-9-8-18-7-6-16-5-4-10-20-16/h4-5,10-12,18H,6-9H2,1-3H3. The smallest absolute Gasteiger partial charge is 0.125 e. The largest absolute Gasteiger partial charge is 0.492 e. The normalized spacial score (nSPS) is 10.8. The highest BCUT2D eigenvalue weighted by molar-refractivity contribution is 7.09. The first-order valence-electron chi connectivity index (χ1n) is 7.10. The summed E-state index contributed by atoms with van der Waals surface area (Å²) in [5.41, 5.74) is 3.74. The molecule has 0 amide bonds. The minimum Gasteiger partial charge on any atom is -0.492 e. The maximum Gasteiger partial charge on any atom is 0.125 e. The van der Waals surface area contributed by atoms with Crippen molar-refractivity contribution in [3.8, 4) is 5.75 Å². The van der Waals surface area contributed by atoms with E-state index in [2.05, 4.69) is 55.7 Å². The van der Waals surface area contributed by atoms with Crippen LogP contribution in [-0.2, 0) is 6.42 Å². The summed E-state index contributed by atoms with van der Waals surface area (Å²) in [5, 5.41) is 5.55. The Balaban J connectivity index is 1.68. The number of benzene rings is 1. The maximum absolute atomic E-state index is 5.90. The Hall–Kier alpha value is -1.32. The zero-order chi connectivity index (χ0) is 14.4. The lowest BCUT2D eigenvalue weighted by Crippen LogP contribution is -2.23. The van der Waals surface area contributed by atoms with Crippen molar-refractivity contribution in [3.05, 3.63) is 51.2 Å².